The largest absolute Gasteiger partial charge is 0.472 e. The topological polar surface area (TPSA) is 237 Å². The second-order valence-electron chi connectivity index (χ2n) is 25.2. The SMILES string of the molecule is CC/C=C\C/C=C\C/C=C\C/C=C\C/C=C\C/C=C\CCC(=O)OCC(COP(=O)(O)OCC(O)COP(=O)(O)OCC(COC(=O)CCCCCCC/C=C\CCCCCCCC)OC(=O)CCCCCCC/C=C\CCCC)OC(=O)CCCCCCC/C=C\CCCCCC. The highest BCUT2D eigenvalue weighted by Gasteiger charge is 2.30. The average Bonchev–Trinajstić information content (AvgIpc) is 0.972. The van der Waals surface area contributed by atoms with Gasteiger partial charge in [-0.2, -0.15) is 0 Å². The van der Waals surface area contributed by atoms with E-state index in [-0.39, 0.29) is 25.7 Å². The molecular formula is C79H136O17P2. The lowest BCUT2D eigenvalue weighted by Crippen LogP contribution is -2.30. The van der Waals surface area contributed by atoms with Gasteiger partial charge in [0, 0.05) is 25.7 Å². The predicted molar refractivity (Wildman–Crippen MR) is 399 cm³/mol. The van der Waals surface area contributed by atoms with Crippen LogP contribution in [0.2, 0.25) is 0 Å². The van der Waals surface area contributed by atoms with Crippen molar-refractivity contribution in [3.05, 3.63) is 109 Å². The number of carbonyl (C=O) groups excluding carboxylic acids is 4. The van der Waals surface area contributed by atoms with Crippen molar-refractivity contribution in [3.8, 4) is 0 Å². The Morgan fingerprint density at radius 3 is 0.918 bits per heavy atom. The third-order valence-electron chi connectivity index (χ3n) is 15.7. The molecule has 0 aliphatic heterocycles. The van der Waals surface area contributed by atoms with Crippen LogP contribution >= 0.6 is 15.6 Å². The summed E-state index contributed by atoms with van der Waals surface area (Å²) in [7, 11) is -9.97. The first-order valence-electron chi connectivity index (χ1n) is 38.1. The first-order chi connectivity index (χ1) is 47.7. The van der Waals surface area contributed by atoms with Crippen molar-refractivity contribution in [1.82, 2.24) is 0 Å². The molecule has 0 aromatic carbocycles. The highest BCUT2D eigenvalue weighted by Crippen LogP contribution is 2.45. The van der Waals surface area contributed by atoms with Crippen molar-refractivity contribution in [2.75, 3.05) is 39.6 Å². The first kappa shape index (κ1) is 93.7. The molecule has 0 radical (unpaired) electrons. The molecule has 98 heavy (non-hydrogen) atoms. The monoisotopic (exact) mass is 1420 g/mol. The highest BCUT2D eigenvalue weighted by molar-refractivity contribution is 7.47. The van der Waals surface area contributed by atoms with Gasteiger partial charge in [0.1, 0.15) is 19.3 Å². The van der Waals surface area contributed by atoms with E-state index in [0.717, 1.165) is 148 Å². The van der Waals surface area contributed by atoms with Crippen LogP contribution in [-0.2, 0) is 65.4 Å². The van der Waals surface area contributed by atoms with E-state index in [0.29, 0.717) is 32.1 Å². The Morgan fingerprint density at radius 1 is 0.296 bits per heavy atom. The Kier molecular flexibility index (Phi) is 68.0. The highest BCUT2D eigenvalue weighted by atomic mass is 31.2. The maximum Gasteiger partial charge on any atom is 0.472 e. The summed E-state index contributed by atoms with van der Waals surface area (Å²) in [4.78, 5) is 72.7. The van der Waals surface area contributed by atoms with Crippen molar-refractivity contribution in [2.45, 2.75) is 329 Å². The predicted octanol–water partition coefficient (Wildman–Crippen LogP) is 21.8. The van der Waals surface area contributed by atoms with Gasteiger partial charge >= 0.3 is 39.5 Å². The quantitative estimate of drug-likeness (QED) is 0.0169. The summed E-state index contributed by atoms with van der Waals surface area (Å²) < 4.78 is 68.3. The van der Waals surface area contributed by atoms with Crippen LogP contribution in [0, 0.1) is 0 Å². The van der Waals surface area contributed by atoms with Crippen molar-refractivity contribution in [3.63, 3.8) is 0 Å². The minimum Gasteiger partial charge on any atom is -0.462 e. The number of aliphatic hydroxyl groups is 1. The molecule has 3 N–H and O–H groups in total. The third kappa shape index (κ3) is 70.2. The zero-order valence-corrected chi connectivity index (χ0v) is 63.2. The number of phosphoric ester groups is 2. The Labute approximate surface area is 594 Å². The van der Waals surface area contributed by atoms with Gasteiger partial charge in [-0.05, 0) is 135 Å². The molecule has 0 aliphatic rings. The summed E-state index contributed by atoms with van der Waals surface area (Å²) in [6, 6.07) is 0. The molecule has 5 unspecified atom stereocenters. The summed E-state index contributed by atoms with van der Waals surface area (Å²) >= 11 is 0. The molecular weight excluding hydrogens is 1280 g/mol. The maximum absolute atomic E-state index is 13.1. The Morgan fingerprint density at radius 2 is 0.561 bits per heavy atom. The van der Waals surface area contributed by atoms with Crippen molar-refractivity contribution >= 4 is 39.5 Å². The lowest BCUT2D eigenvalue weighted by Gasteiger charge is -2.21. The summed E-state index contributed by atoms with van der Waals surface area (Å²) in [6.45, 7) is 4.59. The number of ether oxygens (including phenoxy) is 4. The molecule has 0 rings (SSSR count). The summed E-state index contributed by atoms with van der Waals surface area (Å²) in [6.07, 6.45) is 75.3. The van der Waals surface area contributed by atoms with Gasteiger partial charge in [-0.1, -0.05) is 259 Å². The molecule has 19 heteroatoms. The molecule has 0 heterocycles. The molecule has 5 atom stereocenters. The summed E-state index contributed by atoms with van der Waals surface area (Å²) in [5, 5.41) is 10.6. The van der Waals surface area contributed by atoms with Crippen LogP contribution in [-0.4, -0.2) is 96.7 Å². The second-order valence-corrected chi connectivity index (χ2v) is 28.1. The van der Waals surface area contributed by atoms with Gasteiger partial charge in [0.2, 0.25) is 0 Å². The summed E-state index contributed by atoms with van der Waals surface area (Å²) in [5.74, 6) is -2.30. The van der Waals surface area contributed by atoms with Crippen LogP contribution in [0.1, 0.15) is 310 Å². The molecule has 0 saturated heterocycles. The van der Waals surface area contributed by atoms with Gasteiger partial charge in [-0.25, -0.2) is 9.13 Å². The number of rotatable bonds is 71. The Balaban J connectivity index is 5.38. The molecule has 0 amide bonds. The van der Waals surface area contributed by atoms with E-state index in [1.54, 1.807) is 0 Å². The van der Waals surface area contributed by atoms with E-state index in [9.17, 15) is 43.2 Å². The maximum atomic E-state index is 13.1. The molecule has 0 aromatic heterocycles. The van der Waals surface area contributed by atoms with Crippen molar-refractivity contribution in [2.24, 2.45) is 0 Å². The van der Waals surface area contributed by atoms with Crippen LogP contribution < -0.4 is 0 Å². The van der Waals surface area contributed by atoms with E-state index in [1.807, 2.05) is 18.2 Å². The number of phosphoric acid groups is 2. The number of hydrogen-bond donors (Lipinski definition) is 3. The van der Waals surface area contributed by atoms with Gasteiger partial charge in [-0.15, -0.1) is 0 Å². The van der Waals surface area contributed by atoms with Crippen LogP contribution in [0.5, 0.6) is 0 Å². The number of aliphatic hydroxyl groups excluding tert-OH is 1. The first-order valence-corrected chi connectivity index (χ1v) is 41.1. The smallest absolute Gasteiger partial charge is 0.462 e. The third-order valence-corrected chi connectivity index (χ3v) is 17.6. The van der Waals surface area contributed by atoms with Gasteiger partial charge in [0.25, 0.3) is 0 Å². The average molecular weight is 1420 g/mol. The standard InChI is InChI=1S/C79H136O17P2/c1-5-9-13-17-21-25-29-32-34-35-36-37-39-42-45-48-52-56-60-64-77(82)90-70-75(96-79(84)66-62-58-54-50-46-40-31-27-23-19-15-11-7-3)72-94-98(87,88)92-68-73(80)67-91-97(85,86)93-71-74(95-78(83)65-61-57-53-49-43-28-24-20-16-12-8-4)69-89-76(81)63-59-55-51-47-44-41-38-33-30-26-22-18-14-10-6-2/h9,13,20-21,24-25,27,31-34,36-38,42,45,52,56,73-75,80H,5-8,10-12,14-19,22-23,26,28-30,35,39-41,43-44,46-51,53-55,57-72H2,1-4H3,(H,85,86)(H,87,88)/b13-9-,24-20-,25-21-,31-27-,34-32-,37-36-,38-33-,45-42-,56-52-. The number of esters is 4. The molecule has 0 bridgehead atoms. The van der Waals surface area contributed by atoms with E-state index in [4.69, 9.17) is 37.0 Å². The molecule has 0 aliphatic carbocycles. The van der Waals surface area contributed by atoms with Crippen LogP contribution in [0.15, 0.2) is 109 Å². The van der Waals surface area contributed by atoms with Crippen molar-refractivity contribution < 1.29 is 80.2 Å². The van der Waals surface area contributed by atoms with E-state index in [1.165, 1.54) is 77.0 Å². The van der Waals surface area contributed by atoms with Crippen LogP contribution in [0.25, 0.3) is 0 Å². The Hall–Kier alpha value is -4.28. The van der Waals surface area contributed by atoms with Gasteiger partial charge < -0.3 is 33.8 Å². The molecule has 0 fully saturated rings. The normalized spacial score (nSPS) is 14.6. The van der Waals surface area contributed by atoms with Gasteiger partial charge in [-0.3, -0.25) is 37.3 Å². The fraction of sp³-hybridized carbons (Fsp3) is 0.722. The zero-order valence-electron chi connectivity index (χ0n) is 61.4. The molecule has 0 saturated carbocycles. The lowest BCUT2D eigenvalue weighted by molar-refractivity contribution is -0.161. The Bertz CT molecular complexity index is 2290. The van der Waals surface area contributed by atoms with E-state index >= 15 is 0 Å². The number of carbonyl (C=O) groups is 4. The second kappa shape index (κ2) is 71.1. The van der Waals surface area contributed by atoms with Gasteiger partial charge in [0.15, 0.2) is 12.2 Å². The zero-order chi connectivity index (χ0) is 71.8. The molecule has 0 aromatic rings. The molecule has 17 nitrogen and oxygen atoms in total. The molecule has 564 valence electrons. The minimum atomic E-state index is -4.99. The number of allylic oxidation sites excluding steroid dienone is 18. The van der Waals surface area contributed by atoms with E-state index in [2.05, 4.69) is 119 Å². The van der Waals surface area contributed by atoms with E-state index < -0.39 is 97.5 Å². The lowest BCUT2D eigenvalue weighted by atomic mass is 10.1. The number of hydrogen-bond acceptors (Lipinski definition) is 15. The molecule has 0 spiro atoms. The van der Waals surface area contributed by atoms with Gasteiger partial charge in [0.05, 0.1) is 26.4 Å². The summed E-state index contributed by atoms with van der Waals surface area (Å²) in [5.41, 5.74) is 0. The fourth-order valence-corrected chi connectivity index (χ4v) is 11.4. The van der Waals surface area contributed by atoms with Crippen LogP contribution in [0.4, 0.5) is 0 Å². The van der Waals surface area contributed by atoms with Crippen LogP contribution in [0.3, 0.4) is 0 Å². The minimum absolute atomic E-state index is 0.0336. The van der Waals surface area contributed by atoms with Crippen molar-refractivity contribution in [1.29, 1.82) is 0 Å². The number of unbranched alkanes of at least 4 members (excludes halogenated alkanes) is 27. The fourth-order valence-electron chi connectivity index (χ4n) is 9.86.